The van der Waals surface area contributed by atoms with Gasteiger partial charge in [0.15, 0.2) is 12.4 Å². The summed E-state index contributed by atoms with van der Waals surface area (Å²) in [5.74, 6) is -1.07. The lowest BCUT2D eigenvalue weighted by atomic mass is 10.1. The molecule has 0 atom stereocenters. The van der Waals surface area contributed by atoms with Crippen LogP contribution in [0.15, 0.2) is 18.2 Å². The maximum Gasteiger partial charge on any atom is 0.311 e. The highest BCUT2D eigenvalue weighted by atomic mass is 32.1. The van der Waals surface area contributed by atoms with Crippen molar-refractivity contribution in [2.45, 2.75) is 26.2 Å². The number of thiophene rings is 1. The fourth-order valence-corrected chi connectivity index (χ4v) is 4.26. The Morgan fingerprint density at radius 2 is 2.15 bits per heavy atom. The van der Waals surface area contributed by atoms with E-state index in [0.717, 1.165) is 29.7 Å². The Hall–Kier alpha value is -2.94. The molecule has 1 aromatic carbocycles. The van der Waals surface area contributed by atoms with Crippen molar-refractivity contribution in [1.82, 2.24) is 0 Å². The molecule has 0 aliphatic heterocycles. The third-order valence-corrected chi connectivity index (χ3v) is 5.30. The van der Waals surface area contributed by atoms with Crippen molar-refractivity contribution < 1.29 is 19.2 Å². The molecule has 0 spiro atoms. The quantitative estimate of drug-likeness (QED) is 0.593. The summed E-state index contributed by atoms with van der Waals surface area (Å²) in [5, 5.41) is 14.1. The molecule has 0 unspecified atom stereocenters. The Kier molecular flexibility index (Phi) is 4.90. The molecule has 1 aliphatic carbocycles. The van der Waals surface area contributed by atoms with Crippen LogP contribution in [-0.2, 0) is 17.6 Å². The van der Waals surface area contributed by atoms with E-state index >= 15 is 0 Å². The van der Waals surface area contributed by atoms with Crippen LogP contribution in [0.25, 0.3) is 0 Å². The first-order valence-corrected chi connectivity index (χ1v) is 8.80. The summed E-state index contributed by atoms with van der Waals surface area (Å²) in [7, 11) is 0. The number of fused-ring (bicyclic) bond motifs is 1. The monoisotopic (exact) mass is 375 g/mol. The fourth-order valence-electron chi connectivity index (χ4n) is 2.95. The molecule has 3 rings (SSSR count). The van der Waals surface area contributed by atoms with Gasteiger partial charge in [0.1, 0.15) is 5.00 Å². The number of nitrogens with zero attached hydrogens (tertiary/aromatic N) is 1. The highest BCUT2D eigenvalue weighted by molar-refractivity contribution is 7.17. The van der Waals surface area contributed by atoms with Crippen LogP contribution in [0.4, 0.5) is 10.7 Å². The lowest BCUT2D eigenvalue weighted by molar-refractivity contribution is -0.385. The van der Waals surface area contributed by atoms with Crippen molar-refractivity contribution in [2.75, 3.05) is 11.9 Å². The number of carbonyl (C=O) groups excluding carboxylic acids is 2. The number of aryl methyl sites for hydroxylation is 2. The standard InChI is InChI=1S/C17H17N3O5S/c1-9-5-6-12(11(7-9)20(23)24)25-8-14(21)19-17-15(16(18)22)10-3-2-4-13(10)26-17/h5-7H,2-4,8H2,1H3,(H2,18,22)(H,19,21). The van der Waals surface area contributed by atoms with Gasteiger partial charge in [-0.25, -0.2) is 0 Å². The molecule has 1 heterocycles. The van der Waals surface area contributed by atoms with E-state index in [9.17, 15) is 19.7 Å². The Morgan fingerprint density at radius 3 is 2.85 bits per heavy atom. The average molecular weight is 375 g/mol. The van der Waals surface area contributed by atoms with E-state index in [4.69, 9.17) is 10.5 Å². The molecule has 3 N–H and O–H groups in total. The fraction of sp³-hybridized carbons (Fsp3) is 0.294. The number of nitrogens with two attached hydrogens (primary N) is 1. The Morgan fingerprint density at radius 1 is 1.38 bits per heavy atom. The molecule has 0 saturated heterocycles. The van der Waals surface area contributed by atoms with Gasteiger partial charge in [0.05, 0.1) is 10.5 Å². The van der Waals surface area contributed by atoms with E-state index < -0.39 is 23.3 Å². The van der Waals surface area contributed by atoms with Crippen molar-refractivity contribution in [3.8, 4) is 5.75 Å². The van der Waals surface area contributed by atoms with Gasteiger partial charge in [-0.05, 0) is 43.4 Å². The minimum Gasteiger partial charge on any atom is -0.477 e. The van der Waals surface area contributed by atoms with E-state index in [1.54, 1.807) is 13.0 Å². The first-order valence-electron chi connectivity index (χ1n) is 7.99. The zero-order valence-corrected chi connectivity index (χ0v) is 14.9. The molecule has 0 bridgehead atoms. The molecule has 0 saturated carbocycles. The van der Waals surface area contributed by atoms with Crippen molar-refractivity contribution in [3.63, 3.8) is 0 Å². The van der Waals surface area contributed by atoms with Gasteiger partial charge in [-0.1, -0.05) is 6.07 Å². The Balaban J connectivity index is 1.71. The van der Waals surface area contributed by atoms with Crippen LogP contribution in [0.5, 0.6) is 5.75 Å². The second kappa shape index (κ2) is 7.12. The maximum atomic E-state index is 12.2. The van der Waals surface area contributed by atoms with Gasteiger partial charge >= 0.3 is 5.69 Å². The summed E-state index contributed by atoms with van der Waals surface area (Å²) < 4.78 is 5.30. The van der Waals surface area contributed by atoms with Crippen molar-refractivity contribution >= 4 is 33.8 Å². The third kappa shape index (κ3) is 3.52. The number of nitro benzene ring substituents is 1. The molecular formula is C17H17N3O5S. The molecule has 2 aromatic rings. The van der Waals surface area contributed by atoms with Gasteiger partial charge in [-0.3, -0.25) is 19.7 Å². The van der Waals surface area contributed by atoms with E-state index in [1.165, 1.54) is 23.5 Å². The third-order valence-electron chi connectivity index (χ3n) is 4.09. The number of ether oxygens (including phenoxy) is 1. The summed E-state index contributed by atoms with van der Waals surface area (Å²) in [6.45, 7) is 1.31. The Bertz CT molecular complexity index is 906. The minimum atomic E-state index is -0.574. The molecule has 26 heavy (non-hydrogen) atoms. The summed E-state index contributed by atoms with van der Waals surface area (Å²) in [6.07, 6.45) is 2.60. The zero-order chi connectivity index (χ0) is 18.8. The number of hydrogen-bond acceptors (Lipinski definition) is 6. The minimum absolute atomic E-state index is 0.0135. The van der Waals surface area contributed by atoms with Crippen molar-refractivity contribution in [2.24, 2.45) is 5.73 Å². The lowest BCUT2D eigenvalue weighted by Crippen LogP contribution is -2.22. The second-order valence-electron chi connectivity index (χ2n) is 5.99. The first kappa shape index (κ1) is 17.9. The highest BCUT2D eigenvalue weighted by Gasteiger charge is 2.26. The van der Waals surface area contributed by atoms with Gasteiger partial charge in [-0.15, -0.1) is 11.3 Å². The predicted octanol–water partition coefficient (Wildman–Crippen LogP) is 2.57. The van der Waals surface area contributed by atoms with E-state index in [0.29, 0.717) is 16.1 Å². The van der Waals surface area contributed by atoms with Gasteiger partial charge < -0.3 is 15.8 Å². The highest BCUT2D eigenvalue weighted by Crippen LogP contribution is 2.38. The summed E-state index contributed by atoms with van der Waals surface area (Å²) in [5.41, 5.74) is 7.23. The summed E-state index contributed by atoms with van der Waals surface area (Å²) in [6, 6.07) is 4.49. The molecule has 9 heteroatoms. The Labute approximate surface area is 153 Å². The van der Waals surface area contributed by atoms with Crippen LogP contribution in [0, 0.1) is 17.0 Å². The van der Waals surface area contributed by atoms with Gasteiger partial charge in [0.25, 0.3) is 11.8 Å². The van der Waals surface area contributed by atoms with Crippen LogP contribution in [0.1, 0.15) is 32.8 Å². The molecule has 1 aliphatic rings. The number of rotatable bonds is 6. The predicted molar refractivity (Wildman–Crippen MR) is 96.8 cm³/mol. The number of primary amides is 1. The number of amides is 2. The largest absolute Gasteiger partial charge is 0.477 e. The van der Waals surface area contributed by atoms with Crippen LogP contribution in [0.2, 0.25) is 0 Å². The van der Waals surface area contributed by atoms with Gasteiger partial charge in [0, 0.05) is 10.9 Å². The normalized spacial score (nSPS) is 12.5. The smallest absolute Gasteiger partial charge is 0.311 e. The number of nitrogens with one attached hydrogen (secondary N) is 1. The van der Waals surface area contributed by atoms with Crippen LogP contribution in [-0.4, -0.2) is 23.3 Å². The molecule has 136 valence electrons. The second-order valence-corrected chi connectivity index (χ2v) is 7.10. The summed E-state index contributed by atoms with van der Waals surface area (Å²) in [4.78, 5) is 35.5. The number of benzene rings is 1. The number of hydrogen-bond donors (Lipinski definition) is 2. The number of carbonyl (C=O) groups is 2. The van der Waals surface area contributed by atoms with E-state index in [1.807, 2.05) is 0 Å². The van der Waals surface area contributed by atoms with Crippen LogP contribution >= 0.6 is 11.3 Å². The molecule has 0 radical (unpaired) electrons. The molecule has 2 amide bonds. The molecule has 0 fully saturated rings. The van der Waals surface area contributed by atoms with E-state index in [-0.39, 0.29) is 11.4 Å². The SMILES string of the molecule is Cc1ccc(OCC(=O)Nc2sc3c(c2C(N)=O)CCC3)c([N+](=O)[O-])c1. The van der Waals surface area contributed by atoms with Crippen LogP contribution in [0.3, 0.4) is 0 Å². The van der Waals surface area contributed by atoms with E-state index in [2.05, 4.69) is 5.32 Å². The van der Waals surface area contributed by atoms with Gasteiger partial charge in [0.2, 0.25) is 0 Å². The topological polar surface area (TPSA) is 125 Å². The molecule has 8 nitrogen and oxygen atoms in total. The zero-order valence-electron chi connectivity index (χ0n) is 14.0. The average Bonchev–Trinajstić information content (AvgIpc) is 3.13. The number of anilines is 1. The first-order chi connectivity index (χ1) is 12.4. The van der Waals surface area contributed by atoms with Crippen molar-refractivity contribution in [1.29, 1.82) is 0 Å². The number of nitro groups is 1. The van der Waals surface area contributed by atoms with Crippen LogP contribution < -0.4 is 15.8 Å². The maximum absolute atomic E-state index is 12.2. The lowest BCUT2D eigenvalue weighted by Gasteiger charge is -2.08. The van der Waals surface area contributed by atoms with Crippen molar-refractivity contribution in [3.05, 3.63) is 49.9 Å². The van der Waals surface area contributed by atoms with Gasteiger partial charge in [-0.2, -0.15) is 0 Å². The molecule has 1 aromatic heterocycles. The molecular weight excluding hydrogens is 358 g/mol. The summed E-state index contributed by atoms with van der Waals surface area (Å²) >= 11 is 1.34.